The lowest BCUT2D eigenvalue weighted by molar-refractivity contribution is -0.139. The highest BCUT2D eigenvalue weighted by molar-refractivity contribution is 6.66. The summed E-state index contributed by atoms with van der Waals surface area (Å²) in [7, 11) is 0. The highest BCUT2D eigenvalue weighted by atomic mass is 35.5. The summed E-state index contributed by atoms with van der Waals surface area (Å²) in [5.74, 6) is -4.60. The molecule has 1 unspecified atom stereocenters. The molecule has 0 spiro atoms. The van der Waals surface area contributed by atoms with Gasteiger partial charge in [-0.1, -0.05) is 57.3 Å². The molecule has 0 aliphatic carbocycles. The summed E-state index contributed by atoms with van der Waals surface area (Å²) < 4.78 is 19.4. The van der Waals surface area contributed by atoms with E-state index in [2.05, 4.69) is 94.0 Å². The van der Waals surface area contributed by atoms with Gasteiger partial charge in [-0.05, 0) is 119 Å². The van der Waals surface area contributed by atoms with Gasteiger partial charge in [-0.25, -0.2) is 34.3 Å². The molecule has 0 aromatic carbocycles. The summed E-state index contributed by atoms with van der Waals surface area (Å²) in [6, 6.07) is 35.5. The van der Waals surface area contributed by atoms with E-state index in [-0.39, 0.29) is 81.3 Å². The van der Waals surface area contributed by atoms with Crippen molar-refractivity contribution < 1.29 is 81.9 Å². The van der Waals surface area contributed by atoms with Crippen LogP contribution in [0.3, 0.4) is 0 Å². The van der Waals surface area contributed by atoms with Gasteiger partial charge in [0.25, 0.3) is 23.6 Å². The number of aromatic carboxylic acids is 2. The summed E-state index contributed by atoms with van der Waals surface area (Å²) in [4.78, 5) is 182. The SMILES string of the molecule is C=CC(=O)Cl.C=CC(=O)Oc1ccc(C(=O)NCc2cccnc2)cn1.CC(=O)Oc1ccc(C(=O)NCc2cccnc2)cn1.CC(=O)Oc1ccc(C(=O)O)cn1.CCC(C)C(=O)Oc1ccc(C(=O)NCc2cccnc2)cn1.NCc1cccnc1.O=C(NCc1cccnc1)c1ccc(=O)[nH]c1.O=C(O)c1ccc(=O)[nH]c1. The van der Waals surface area contributed by atoms with E-state index in [0.29, 0.717) is 61.4 Å². The number of rotatable bonds is 23. The molecule has 11 aromatic heterocycles. The van der Waals surface area contributed by atoms with Crippen molar-refractivity contribution in [1.29, 1.82) is 0 Å². The maximum Gasteiger partial charge on any atom is 0.337 e. The fourth-order valence-corrected chi connectivity index (χ4v) is 7.86. The minimum Gasteiger partial charge on any atom is -0.478 e. The number of carbonyl (C=O) groups is 11. The number of halogens is 1. The van der Waals surface area contributed by atoms with Gasteiger partial charge in [0.2, 0.25) is 39.9 Å². The molecular formula is C81H79ClN16O19. The number of hydrogen-bond donors (Lipinski definition) is 9. The predicted octanol–water partition coefficient (Wildman–Crippen LogP) is 8.14. The van der Waals surface area contributed by atoms with Crippen molar-refractivity contribution in [2.75, 3.05) is 0 Å². The fraction of sp³-hybridized carbons (Fsp3) is 0.136. The summed E-state index contributed by atoms with van der Waals surface area (Å²) in [6.45, 7) is 14.7. The monoisotopic (exact) mass is 1610 g/mol. The standard InChI is InChI=1S/C17H19N3O3.C15H13N3O3.C14H13N3O3.C12H11N3O2.C8H7NO4.C6H8N2.C6H5NO3.C3H3ClO/c1-3-12(2)17(22)23-15-7-6-14(11-19-15)16(21)20-10-13-5-4-8-18-9-13;1-2-14(19)21-13-6-5-12(10-17-13)15(20)18-9-11-4-3-7-16-8-11;1-10(18)20-13-5-4-12(9-16-13)14(19)17-8-11-3-2-6-15-7-11;16-11-4-3-10(8-14-11)12(17)15-7-9-2-1-5-13-6-9;1-5(10)13-7-3-2-6(4-9-7)8(11)12;7-4-6-2-1-3-8-5-6;8-5-2-1-4(3-7-5)6(9)10;1-2-3(4)5/h4-9,11-12H,3,10H2,1-2H3,(H,20,21);2-8,10H,1,9H2,(H,18,20);2-7,9H,8H2,1H3,(H,17,19);1-6,8H,7H2,(H,14,16)(H,15,17);2-4H,1H3,(H,11,12);1-3,5H,4,7H2;1-3H,(H,7,8)(H,9,10);2H,1H2. The molecule has 604 valence electrons. The minimum absolute atomic E-state index is 0.0518. The number of esters is 4. The number of carbonyl (C=O) groups excluding carboxylic acids is 9. The number of aromatic amines is 2. The summed E-state index contributed by atoms with van der Waals surface area (Å²) >= 11 is 4.71. The largest absolute Gasteiger partial charge is 0.478 e. The highest BCUT2D eigenvalue weighted by Crippen LogP contribution is 2.14. The van der Waals surface area contributed by atoms with Crippen molar-refractivity contribution in [3.05, 3.63) is 340 Å². The highest BCUT2D eigenvalue weighted by Gasteiger charge is 2.16. The van der Waals surface area contributed by atoms with Gasteiger partial charge in [0.05, 0.1) is 39.3 Å². The van der Waals surface area contributed by atoms with Crippen LogP contribution in [-0.2, 0) is 56.7 Å². The van der Waals surface area contributed by atoms with Crippen molar-refractivity contribution in [3.8, 4) is 23.5 Å². The molecule has 0 saturated carbocycles. The van der Waals surface area contributed by atoms with Crippen LogP contribution < -0.4 is 57.1 Å². The zero-order chi connectivity index (χ0) is 85.7. The summed E-state index contributed by atoms with van der Waals surface area (Å²) in [6.07, 6.45) is 27.5. The second kappa shape index (κ2) is 53.3. The average molecular weight is 1620 g/mol. The molecule has 0 aliphatic heterocycles. The number of nitrogens with one attached hydrogen (secondary N) is 6. The van der Waals surface area contributed by atoms with E-state index in [4.69, 9.17) is 41.8 Å². The Labute approximate surface area is 673 Å². The van der Waals surface area contributed by atoms with Gasteiger partial charge in [-0.2, -0.15) is 0 Å². The number of nitrogens with zero attached hydrogens (tertiary/aromatic N) is 9. The van der Waals surface area contributed by atoms with Crippen molar-refractivity contribution in [2.45, 2.75) is 66.8 Å². The molecular weight excluding hydrogens is 1540 g/mol. The zero-order valence-corrected chi connectivity index (χ0v) is 63.9. The Morgan fingerprint density at radius 2 is 0.726 bits per heavy atom. The molecule has 117 heavy (non-hydrogen) atoms. The van der Waals surface area contributed by atoms with Gasteiger partial charge < -0.3 is 66.1 Å². The molecule has 0 radical (unpaired) electrons. The van der Waals surface area contributed by atoms with Gasteiger partial charge in [-0.3, -0.25) is 72.9 Å². The Hall–Kier alpha value is -15.7. The smallest absolute Gasteiger partial charge is 0.337 e. The van der Waals surface area contributed by atoms with Crippen LogP contribution in [-0.4, -0.2) is 130 Å². The van der Waals surface area contributed by atoms with Gasteiger partial charge in [-0.15, -0.1) is 0 Å². The number of allylic oxidation sites excluding steroid dienone is 1. The van der Waals surface area contributed by atoms with Gasteiger partial charge in [0, 0.05) is 188 Å². The van der Waals surface area contributed by atoms with Crippen LogP contribution in [0.4, 0.5) is 0 Å². The number of H-pyrrole nitrogens is 2. The van der Waals surface area contributed by atoms with E-state index in [1.165, 1.54) is 99.3 Å². The van der Waals surface area contributed by atoms with E-state index >= 15 is 0 Å². The quantitative estimate of drug-likeness (QED) is 0.0166. The van der Waals surface area contributed by atoms with Crippen molar-refractivity contribution >= 4 is 76.3 Å². The lowest BCUT2D eigenvalue weighted by Crippen LogP contribution is -2.23. The van der Waals surface area contributed by atoms with Gasteiger partial charge in [0.1, 0.15) is 0 Å². The number of ether oxygens (including phenoxy) is 4. The lowest BCUT2D eigenvalue weighted by Gasteiger charge is -2.08. The molecule has 0 saturated heterocycles. The molecule has 11 heterocycles. The molecule has 36 heteroatoms. The number of pyridine rings is 11. The minimum atomic E-state index is -1.07. The van der Waals surface area contributed by atoms with E-state index < -0.39 is 35.1 Å². The number of hydrogen-bond acceptors (Lipinski definition) is 27. The Bertz CT molecular complexity index is 5080. The average Bonchev–Trinajstić information content (AvgIpc) is 0.996. The molecule has 4 amide bonds. The second-order valence-electron chi connectivity index (χ2n) is 22.8. The van der Waals surface area contributed by atoms with Crippen LogP contribution in [0.25, 0.3) is 0 Å². The van der Waals surface area contributed by atoms with Crippen LogP contribution in [0.1, 0.15) is 124 Å². The Morgan fingerprint density at radius 3 is 0.974 bits per heavy atom. The third kappa shape index (κ3) is 39.7. The number of carboxylic acid groups (broad SMARTS) is 2. The molecule has 11 rings (SSSR count). The van der Waals surface area contributed by atoms with Gasteiger partial charge >= 0.3 is 35.8 Å². The first-order chi connectivity index (χ1) is 56.2. The molecule has 11 aromatic rings. The first-order valence-electron chi connectivity index (χ1n) is 34.4. The maximum absolute atomic E-state index is 12.0. The third-order valence-corrected chi connectivity index (χ3v) is 14.1. The number of aromatic nitrogens is 11. The van der Waals surface area contributed by atoms with Crippen LogP contribution in [0, 0.1) is 5.92 Å². The number of carboxylic acids is 2. The Balaban J connectivity index is 0.000000290. The van der Waals surface area contributed by atoms with Crippen LogP contribution in [0.15, 0.2) is 268 Å². The molecule has 1 atom stereocenters. The predicted molar refractivity (Wildman–Crippen MR) is 423 cm³/mol. The maximum atomic E-state index is 12.0. The van der Waals surface area contributed by atoms with Crippen molar-refractivity contribution in [1.82, 2.24) is 76.1 Å². The molecule has 0 bridgehead atoms. The molecule has 10 N–H and O–H groups in total. The summed E-state index contributed by atoms with van der Waals surface area (Å²) in [5.41, 5.74) is 11.2. The van der Waals surface area contributed by atoms with E-state index in [1.54, 1.807) is 93.2 Å². The first kappa shape index (κ1) is 93.7. The Morgan fingerprint density at radius 1 is 0.427 bits per heavy atom. The number of nitrogens with two attached hydrogens (primary N) is 1. The van der Waals surface area contributed by atoms with E-state index in [1.807, 2.05) is 55.5 Å². The molecule has 0 aliphatic rings. The van der Waals surface area contributed by atoms with E-state index in [0.717, 1.165) is 52.4 Å². The second-order valence-corrected chi connectivity index (χ2v) is 23.2. The number of amides is 4. The van der Waals surface area contributed by atoms with Crippen molar-refractivity contribution in [2.24, 2.45) is 11.7 Å². The fourth-order valence-electron chi connectivity index (χ4n) is 7.86. The normalized spacial score (nSPS) is 9.86. The van der Waals surface area contributed by atoms with Crippen LogP contribution in [0.5, 0.6) is 23.5 Å². The van der Waals surface area contributed by atoms with Crippen molar-refractivity contribution in [3.63, 3.8) is 0 Å². The van der Waals surface area contributed by atoms with Crippen LogP contribution in [0.2, 0.25) is 0 Å². The molecule has 0 fully saturated rings. The third-order valence-electron chi connectivity index (χ3n) is 14.0. The first-order valence-corrected chi connectivity index (χ1v) is 34.8. The lowest BCUT2D eigenvalue weighted by atomic mass is 10.1. The van der Waals surface area contributed by atoms with E-state index in [9.17, 15) is 62.3 Å². The topological polar surface area (TPSA) is 521 Å². The molecule has 35 nitrogen and oxygen atoms in total. The zero-order valence-electron chi connectivity index (χ0n) is 63.1. The van der Waals surface area contributed by atoms with Gasteiger partial charge in [0.15, 0.2) is 0 Å². The Kier molecular flexibility index (Phi) is 42.7. The van der Waals surface area contributed by atoms with Crippen LogP contribution >= 0.6 is 11.6 Å². The summed E-state index contributed by atoms with van der Waals surface area (Å²) in [5, 5.41) is 27.4.